The number of carbonyl (C=O) groups is 1. The van der Waals surface area contributed by atoms with E-state index in [4.69, 9.17) is 19.0 Å². The molecule has 0 radical (unpaired) electrons. The topological polar surface area (TPSA) is 134 Å². The molecule has 1 saturated carbocycles. The van der Waals surface area contributed by atoms with Gasteiger partial charge in [-0.25, -0.2) is 24.3 Å². The summed E-state index contributed by atoms with van der Waals surface area (Å²) in [4.78, 5) is 28.7. The Balaban J connectivity index is 1.22. The molecule has 4 aromatic rings. The fourth-order valence-electron chi connectivity index (χ4n) is 5.47. The average molecular weight is 567 g/mol. The first kappa shape index (κ1) is 26.1. The molecule has 3 unspecified atom stereocenters. The minimum Gasteiger partial charge on any atom is -0.367 e. The summed E-state index contributed by atoms with van der Waals surface area (Å²) in [6, 6.07) is 10.1. The highest BCUT2D eigenvalue weighted by Gasteiger charge is 2.31. The monoisotopic (exact) mass is 566 g/mol. The Kier molecular flexibility index (Phi) is 6.98. The standard InChI is InChI=1S/C27H30N6O4S2/c1-16-19(25-27-32-21-5-3-4-6-22(21)33(27)9-10-36-25)12-23(38-16)24(34)20-13-29-15-30-26(20)31-18-8-7-17(11-18)14-37-39(2,28)35/h3-6,12-13,15,17-18,25H,2,7-11,14H2,1H3,(H2,28,35)(H,29,30,31)/t17?,18-,25?,39?/m0/s1. The van der Waals surface area contributed by atoms with Gasteiger partial charge in [-0.1, -0.05) is 12.1 Å². The highest BCUT2D eigenvalue weighted by atomic mass is 32.2. The summed E-state index contributed by atoms with van der Waals surface area (Å²) >= 11 is 1.44. The Morgan fingerprint density at radius 3 is 3.05 bits per heavy atom. The minimum atomic E-state index is -2.97. The van der Waals surface area contributed by atoms with E-state index in [1.165, 1.54) is 17.7 Å². The van der Waals surface area contributed by atoms with Crippen LogP contribution >= 0.6 is 11.3 Å². The number of nitrogens with one attached hydrogen (secondary N) is 1. The number of hydrogen-bond donors (Lipinski definition) is 2. The lowest BCUT2D eigenvalue weighted by molar-refractivity contribution is 0.0441. The molecule has 1 aliphatic carbocycles. The highest BCUT2D eigenvalue weighted by molar-refractivity contribution is 7.93. The summed E-state index contributed by atoms with van der Waals surface area (Å²) in [6.07, 6.45) is 5.21. The van der Waals surface area contributed by atoms with Crippen molar-refractivity contribution in [1.82, 2.24) is 19.5 Å². The van der Waals surface area contributed by atoms with Gasteiger partial charge in [0.25, 0.3) is 0 Å². The van der Waals surface area contributed by atoms with Crippen LogP contribution in [0.15, 0.2) is 42.9 Å². The van der Waals surface area contributed by atoms with Crippen LogP contribution in [0.4, 0.5) is 5.82 Å². The molecule has 1 aliphatic heterocycles. The number of hydrogen-bond acceptors (Lipinski definition) is 9. The molecule has 12 heteroatoms. The predicted octanol–water partition coefficient (Wildman–Crippen LogP) is 3.65. The second-order valence-electron chi connectivity index (χ2n) is 10.1. The van der Waals surface area contributed by atoms with Crippen molar-refractivity contribution in [2.45, 2.75) is 44.9 Å². The van der Waals surface area contributed by atoms with Gasteiger partial charge < -0.3 is 14.6 Å². The second-order valence-corrected chi connectivity index (χ2v) is 12.9. The first-order chi connectivity index (χ1) is 18.8. The Morgan fingerprint density at radius 1 is 1.36 bits per heavy atom. The van der Waals surface area contributed by atoms with Gasteiger partial charge in [0.15, 0.2) is 0 Å². The number of rotatable bonds is 8. The number of ether oxygens (including phenoxy) is 1. The molecule has 3 aromatic heterocycles. The third-order valence-electron chi connectivity index (χ3n) is 7.32. The van der Waals surface area contributed by atoms with Crippen molar-refractivity contribution in [3.8, 4) is 0 Å². The first-order valence-electron chi connectivity index (χ1n) is 12.8. The molecular formula is C27H30N6O4S2. The molecule has 1 fully saturated rings. The van der Waals surface area contributed by atoms with Crippen LogP contribution < -0.4 is 10.5 Å². The molecule has 4 heterocycles. The number of nitrogens with zero attached hydrogens (tertiary/aromatic N) is 4. The molecule has 0 amide bonds. The van der Waals surface area contributed by atoms with Gasteiger partial charge >= 0.3 is 0 Å². The lowest BCUT2D eigenvalue weighted by Crippen LogP contribution is -2.23. The second kappa shape index (κ2) is 10.4. The zero-order chi connectivity index (χ0) is 27.1. The Hall–Kier alpha value is -3.16. The first-order valence-corrected chi connectivity index (χ1v) is 15.4. The van der Waals surface area contributed by atoms with Crippen LogP contribution in [0.1, 0.15) is 56.9 Å². The maximum Gasteiger partial charge on any atom is 0.208 e. The molecule has 2 aliphatic rings. The molecule has 6 rings (SSSR count). The summed E-state index contributed by atoms with van der Waals surface area (Å²) < 4.78 is 25.2. The third kappa shape index (κ3) is 5.35. The molecule has 39 heavy (non-hydrogen) atoms. The van der Waals surface area contributed by atoms with Crippen molar-refractivity contribution >= 4 is 49.8 Å². The van der Waals surface area contributed by atoms with Crippen LogP contribution in [-0.2, 0) is 25.5 Å². The summed E-state index contributed by atoms with van der Waals surface area (Å²) in [5.41, 5.74) is 3.40. The lowest BCUT2D eigenvalue weighted by Gasteiger charge is -2.24. The van der Waals surface area contributed by atoms with Crippen molar-refractivity contribution in [2.24, 2.45) is 11.1 Å². The van der Waals surface area contributed by atoms with Crippen molar-refractivity contribution in [3.63, 3.8) is 0 Å². The van der Waals surface area contributed by atoms with E-state index in [2.05, 4.69) is 31.8 Å². The number of ketones is 1. The number of carbonyl (C=O) groups excluding carboxylic acids is 1. The third-order valence-corrected chi connectivity index (χ3v) is 8.92. The predicted molar refractivity (Wildman–Crippen MR) is 152 cm³/mol. The smallest absolute Gasteiger partial charge is 0.208 e. The number of aromatic nitrogens is 4. The highest BCUT2D eigenvalue weighted by Crippen LogP contribution is 2.38. The largest absolute Gasteiger partial charge is 0.367 e. The SMILES string of the molecule is C=S(N)(=O)OCC1CC[C@H](Nc2ncncc2C(=O)c2cc(C3OCCn4c3nc3ccccc34)c(C)s2)C1. The Morgan fingerprint density at radius 2 is 2.21 bits per heavy atom. The van der Waals surface area contributed by atoms with Crippen LogP contribution in [0.5, 0.6) is 0 Å². The number of anilines is 1. The summed E-state index contributed by atoms with van der Waals surface area (Å²) in [7, 11) is -2.97. The minimum absolute atomic E-state index is 0.1000. The number of imidazole rings is 1. The van der Waals surface area contributed by atoms with E-state index in [1.807, 2.05) is 31.2 Å². The molecule has 0 bridgehead atoms. The maximum absolute atomic E-state index is 13.7. The Labute approximate surface area is 230 Å². The fourth-order valence-corrected chi connectivity index (χ4v) is 6.89. The van der Waals surface area contributed by atoms with E-state index >= 15 is 0 Å². The van der Waals surface area contributed by atoms with Gasteiger partial charge in [-0.05, 0) is 56.2 Å². The number of para-hydroxylation sites is 2. The van der Waals surface area contributed by atoms with Crippen LogP contribution in [0.25, 0.3) is 11.0 Å². The van der Waals surface area contributed by atoms with Gasteiger partial charge in [0, 0.05) is 29.2 Å². The number of nitrogens with two attached hydrogens (primary N) is 1. The quantitative estimate of drug-likeness (QED) is 0.244. The number of benzene rings is 1. The van der Waals surface area contributed by atoms with Crippen LogP contribution in [-0.4, -0.2) is 54.6 Å². The van der Waals surface area contributed by atoms with Gasteiger partial charge in [0.1, 0.15) is 34.1 Å². The van der Waals surface area contributed by atoms with Crippen LogP contribution in [0, 0.1) is 12.8 Å². The number of aryl methyl sites for hydroxylation is 1. The van der Waals surface area contributed by atoms with Gasteiger partial charge in [0.2, 0.25) is 5.78 Å². The van der Waals surface area contributed by atoms with Crippen LogP contribution in [0.2, 0.25) is 0 Å². The normalized spacial score (nSPS) is 22.5. The van der Waals surface area contributed by atoms with Crippen molar-refractivity contribution in [2.75, 3.05) is 18.5 Å². The Bertz CT molecular complexity index is 1650. The van der Waals surface area contributed by atoms with Gasteiger partial charge in [-0.3, -0.25) is 8.98 Å². The van der Waals surface area contributed by atoms with Gasteiger partial charge in [-0.15, -0.1) is 11.3 Å². The molecule has 3 N–H and O–H groups in total. The fraction of sp³-hybridized carbons (Fsp3) is 0.370. The molecule has 10 nitrogen and oxygen atoms in total. The summed E-state index contributed by atoms with van der Waals surface area (Å²) in [5.74, 6) is 4.77. The van der Waals surface area contributed by atoms with E-state index in [1.54, 1.807) is 6.20 Å². The summed E-state index contributed by atoms with van der Waals surface area (Å²) in [5, 5.41) is 8.82. The van der Waals surface area contributed by atoms with E-state index in [0.29, 0.717) is 29.5 Å². The zero-order valence-corrected chi connectivity index (χ0v) is 23.2. The van der Waals surface area contributed by atoms with Crippen LogP contribution in [0.3, 0.4) is 0 Å². The van der Waals surface area contributed by atoms with E-state index < -0.39 is 9.99 Å². The average Bonchev–Trinajstić information content (AvgIpc) is 3.63. The molecule has 204 valence electrons. The van der Waals surface area contributed by atoms with E-state index in [0.717, 1.165) is 53.1 Å². The molecule has 0 spiro atoms. The van der Waals surface area contributed by atoms with Gasteiger partial charge in [0.05, 0.1) is 34.7 Å². The lowest BCUT2D eigenvalue weighted by atomic mass is 10.1. The molecule has 0 saturated heterocycles. The van der Waals surface area contributed by atoms with E-state index in [-0.39, 0.29) is 23.8 Å². The maximum atomic E-state index is 13.7. The van der Waals surface area contributed by atoms with Crippen molar-refractivity contribution < 1.29 is 17.9 Å². The van der Waals surface area contributed by atoms with Crippen molar-refractivity contribution in [3.05, 3.63) is 69.6 Å². The summed E-state index contributed by atoms with van der Waals surface area (Å²) in [6.45, 7) is 3.61. The molecule has 1 aromatic carbocycles. The van der Waals surface area contributed by atoms with E-state index in [9.17, 15) is 9.00 Å². The molecule has 4 atom stereocenters. The molecular weight excluding hydrogens is 536 g/mol. The van der Waals surface area contributed by atoms with Gasteiger partial charge in [-0.2, -0.15) is 0 Å². The zero-order valence-electron chi connectivity index (χ0n) is 21.5. The number of thiophene rings is 1. The van der Waals surface area contributed by atoms with Crippen molar-refractivity contribution in [1.29, 1.82) is 0 Å². The number of fused-ring (bicyclic) bond motifs is 3.